The van der Waals surface area contributed by atoms with Crippen LogP contribution in [0.25, 0.3) is 10.8 Å². The van der Waals surface area contributed by atoms with Gasteiger partial charge in [-0.25, -0.2) is 5.43 Å². The van der Waals surface area contributed by atoms with Gasteiger partial charge in [0.2, 0.25) is 0 Å². The molecule has 3 aromatic rings. The van der Waals surface area contributed by atoms with Gasteiger partial charge in [0.15, 0.2) is 6.61 Å². The van der Waals surface area contributed by atoms with E-state index in [1.165, 1.54) is 0 Å². The lowest BCUT2D eigenvalue weighted by Gasteiger charge is -2.06. The predicted molar refractivity (Wildman–Crippen MR) is 98.2 cm³/mol. The summed E-state index contributed by atoms with van der Waals surface area (Å²) in [6, 6.07) is 21.0. The summed E-state index contributed by atoms with van der Waals surface area (Å²) in [7, 11) is 1.61. The minimum absolute atomic E-state index is 0.0989. The Labute approximate surface area is 145 Å². The second-order valence-electron chi connectivity index (χ2n) is 5.36. The lowest BCUT2D eigenvalue weighted by Crippen LogP contribution is -2.24. The quantitative estimate of drug-likeness (QED) is 0.555. The van der Waals surface area contributed by atoms with Gasteiger partial charge < -0.3 is 9.47 Å². The van der Waals surface area contributed by atoms with E-state index in [9.17, 15) is 4.79 Å². The molecule has 0 radical (unpaired) electrons. The summed E-state index contributed by atoms with van der Waals surface area (Å²) < 4.78 is 10.6. The molecule has 0 spiro atoms. The molecule has 1 amide bonds. The number of hydrazone groups is 1. The first-order valence-electron chi connectivity index (χ1n) is 7.82. The third-order valence-electron chi connectivity index (χ3n) is 3.61. The van der Waals surface area contributed by atoms with Crippen LogP contribution in [0.3, 0.4) is 0 Å². The normalized spacial score (nSPS) is 10.8. The molecule has 0 aliphatic carbocycles. The Hall–Kier alpha value is -3.34. The number of amides is 1. The van der Waals surface area contributed by atoms with E-state index in [0.717, 1.165) is 22.1 Å². The largest absolute Gasteiger partial charge is 0.497 e. The van der Waals surface area contributed by atoms with Gasteiger partial charge in [-0.2, -0.15) is 5.10 Å². The molecule has 0 saturated heterocycles. The number of fused-ring (bicyclic) bond motifs is 1. The smallest absolute Gasteiger partial charge is 0.277 e. The van der Waals surface area contributed by atoms with Crippen molar-refractivity contribution in [1.29, 1.82) is 0 Å². The average molecular weight is 334 g/mol. The third-order valence-corrected chi connectivity index (χ3v) is 3.61. The molecule has 3 rings (SSSR count). The zero-order valence-electron chi connectivity index (χ0n) is 13.8. The van der Waals surface area contributed by atoms with Crippen molar-refractivity contribution in [3.8, 4) is 11.5 Å². The summed E-state index contributed by atoms with van der Waals surface area (Å²) in [4.78, 5) is 11.8. The van der Waals surface area contributed by atoms with E-state index in [-0.39, 0.29) is 12.5 Å². The van der Waals surface area contributed by atoms with E-state index in [2.05, 4.69) is 10.5 Å². The molecular formula is C20H18N2O3. The van der Waals surface area contributed by atoms with Crippen LogP contribution in [-0.4, -0.2) is 25.8 Å². The molecule has 1 N–H and O–H groups in total. The van der Waals surface area contributed by atoms with Gasteiger partial charge in [-0.15, -0.1) is 0 Å². The van der Waals surface area contributed by atoms with Crippen LogP contribution in [0.5, 0.6) is 11.5 Å². The van der Waals surface area contributed by atoms with Gasteiger partial charge in [0.25, 0.3) is 5.91 Å². The van der Waals surface area contributed by atoms with Crippen LogP contribution in [0, 0.1) is 0 Å². The van der Waals surface area contributed by atoms with Crippen LogP contribution in [-0.2, 0) is 4.79 Å². The first-order valence-corrected chi connectivity index (χ1v) is 7.82. The third kappa shape index (κ3) is 4.57. The summed E-state index contributed by atoms with van der Waals surface area (Å²) in [5.74, 6) is 1.09. The molecule has 3 aromatic carbocycles. The maximum absolute atomic E-state index is 11.8. The van der Waals surface area contributed by atoms with Gasteiger partial charge in [0.1, 0.15) is 11.5 Å². The Morgan fingerprint density at radius 1 is 1.00 bits per heavy atom. The van der Waals surface area contributed by atoms with Crippen LogP contribution < -0.4 is 14.9 Å². The molecular weight excluding hydrogens is 316 g/mol. The molecule has 0 fully saturated rings. The van der Waals surface area contributed by atoms with Gasteiger partial charge in [-0.1, -0.05) is 30.3 Å². The van der Waals surface area contributed by atoms with Gasteiger partial charge in [0.05, 0.1) is 13.3 Å². The highest BCUT2D eigenvalue weighted by molar-refractivity contribution is 5.84. The number of carbonyl (C=O) groups is 1. The Kier molecular flexibility index (Phi) is 5.26. The highest BCUT2D eigenvalue weighted by atomic mass is 16.5. The van der Waals surface area contributed by atoms with Crippen LogP contribution >= 0.6 is 0 Å². The van der Waals surface area contributed by atoms with Crippen molar-refractivity contribution in [2.24, 2.45) is 5.10 Å². The molecule has 0 aromatic heterocycles. The maximum Gasteiger partial charge on any atom is 0.277 e. The van der Waals surface area contributed by atoms with E-state index in [0.29, 0.717) is 5.75 Å². The van der Waals surface area contributed by atoms with Crippen molar-refractivity contribution in [1.82, 2.24) is 5.43 Å². The van der Waals surface area contributed by atoms with E-state index >= 15 is 0 Å². The number of nitrogens with one attached hydrogen (secondary N) is 1. The number of ether oxygens (including phenoxy) is 2. The second kappa shape index (κ2) is 7.97. The van der Waals surface area contributed by atoms with Gasteiger partial charge in [-0.05, 0) is 52.7 Å². The molecule has 0 unspecified atom stereocenters. The molecule has 25 heavy (non-hydrogen) atoms. The highest BCUT2D eigenvalue weighted by Crippen LogP contribution is 2.20. The zero-order chi connectivity index (χ0) is 17.5. The van der Waals surface area contributed by atoms with Crippen molar-refractivity contribution in [3.63, 3.8) is 0 Å². The van der Waals surface area contributed by atoms with Crippen molar-refractivity contribution in [3.05, 3.63) is 72.3 Å². The van der Waals surface area contributed by atoms with E-state index in [1.807, 2.05) is 66.7 Å². The number of methoxy groups -OCH3 is 1. The standard InChI is InChI=1S/C20H18N2O3/c1-24-18-9-6-15(7-10-18)13-21-22-20(23)14-25-19-11-8-16-4-2-3-5-17(16)12-19/h2-13H,14H2,1H3,(H,22,23). The minimum atomic E-state index is -0.321. The van der Waals surface area contributed by atoms with E-state index < -0.39 is 0 Å². The summed E-state index contributed by atoms with van der Waals surface area (Å²) >= 11 is 0. The molecule has 5 nitrogen and oxygen atoms in total. The number of nitrogens with zero attached hydrogens (tertiary/aromatic N) is 1. The van der Waals surface area contributed by atoms with Crippen molar-refractivity contribution in [2.75, 3.05) is 13.7 Å². The van der Waals surface area contributed by atoms with Gasteiger partial charge in [-0.3, -0.25) is 4.79 Å². The Morgan fingerprint density at radius 2 is 1.72 bits per heavy atom. The predicted octanol–water partition coefficient (Wildman–Crippen LogP) is 3.38. The molecule has 5 heteroatoms. The highest BCUT2D eigenvalue weighted by Gasteiger charge is 2.02. The second-order valence-corrected chi connectivity index (χ2v) is 5.36. The average Bonchev–Trinajstić information content (AvgIpc) is 2.67. The summed E-state index contributed by atoms with van der Waals surface area (Å²) in [5.41, 5.74) is 3.30. The SMILES string of the molecule is COc1ccc(C=NNC(=O)COc2ccc3ccccc3c2)cc1. The fourth-order valence-corrected chi connectivity index (χ4v) is 2.31. The molecule has 0 aliphatic rings. The van der Waals surface area contributed by atoms with Gasteiger partial charge in [0, 0.05) is 0 Å². The Bertz CT molecular complexity index is 889. The Balaban J connectivity index is 1.50. The molecule has 0 saturated carbocycles. The fourth-order valence-electron chi connectivity index (χ4n) is 2.31. The summed E-state index contributed by atoms with van der Waals surface area (Å²) in [6.07, 6.45) is 1.56. The molecule has 126 valence electrons. The maximum atomic E-state index is 11.8. The van der Waals surface area contributed by atoms with Crippen LogP contribution in [0.15, 0.2) is 71.8 Å². The number of hydrogen-bond donors (Lipinski definition) is 1. The van der Waals surface area contributed by atoms with Crippen LogP contribution in [0.4, 0.5) is 0 Å². The zero-order valence-corrected chi connectivity index (χ0v) is 13.8. The first kappa shape index (κ1) is 16.5. The lowest BCUT2D eigenvalue weighted by atomic mass is 10.1. The minimum Gasteiger partial charge on any atom is -0.497 e. The van der Waals surface area contributed by atoms with Crippen molar-refractivity contribution < 1.29 is 14.3 Å². The molecule has 0 atom stereocenters. The van der Waals surface area contributed by atoms with E-state index in [1.54, 1.807) is 13.3 Å². The van der Waals surface area contributed by atoms with E-state index in [4.69, 9.17) is 9.47 Å². The number of benzene rings is 3. The Morgan fingerprint density at radius 3 is 2.48 bits per heavy atom. The summed E-state index contributed by atoms with van der Waals surface area (Å²) in [6.45, 7) is -0.0989. The van der Waals surface area contributed by atoms with Crippen molar-refractivity contribution in [2.45, 2.75) is 0 Å². The number of carbonyl (C=O) groups excluding carboxylic acids is 1. The summed E-state index contributed by atoms with van der Waals surface area (Å²) in [5, 5.41) is 6.11. The lowest BCUT2D eigenvalue weighted by molar-refractivity contribution is -0.123. The van der Waals surface area contributed by atoms with Crippen LogP contribution in [0.1, 0.15) is 5.56 Å². The number of hydrogen-bond acceptors (Lipinski definition) is 4. The number of rotatable bonds is 6. The first-order chi connectivity index (χ1) is 12.2. The monoisotopic (exact) mass is 334 g/mol. The molecule has 0 aliphatic heterocycles. The topological polar surface area (TPSA) is 59.9 Å². The van der Waals surface area contributed by atoms with Crippen LogP contribution in [0.2, 0.25) is 0 Å². The van der Waals surface area contributed by atoms with Crippen molar-refractivity contribution >= 4 is 22.9 Å². The fraction of sp³-hybridized carbons (Fsp3) is 0.100. The molecule has 0 bridgehead atoms. The molecule has 0 heterocycles. The van der Waals surface area contributed by atoms with Gasteiger partial charge >= 0.3 is 0 Å².